The molecule has 1 aliphatic rings. The molecule has 0 aliphatic carbocycles. The lowest BCUT2D eigenvalue weighted by atomic mass is 9.95. The van der Waals surface area contributed by atoms with Crippen molar-refractivity contribution in [3.63, 3.8) is 0 Å². The minimum atomic E-state index is -0.365. The van der Waals surface area contributed by atoms with Gasteiger partial charge < -0.3 is 9.88 Å². The van der Waals surface area contributed by atoms with Gasteiger partial charge in [-0.1, -0.05) is 182 Å². The summed E-state index contributed by atoms with van der Waals surface area (Å²) in [6.07, 6.45) is -0.365. The number of aromatic nitrogens is 1. The zero-order valence-electron chi connectivity index (χ0n) is 33.6. The molecule has 0 saturated carbocycles. The van der Waals surface area contributed by atoms with E-state index in [-0.39, 0.29) is 6.17 Å². The van der Waals surface area contributed by atoms with Gasteiger partial charge in [0.15, 0.2) is 5.84 Å². The van der Waals surface area contributed by atoms with Crippen LogP contribution < -0.4 is 5.32 Å². The Bertz CT molecular complexity index is 3540. The first-order chi connectivity index (χ1) is 30.7. The van der Waals surface area contributed by atoms with Crippen molar-refractivity contribution >= 4 is 65.0 Å². The Morgan fingerprint density at radius 3 is 1.81 bits per heavy atom. The Hall–Kier alpha value is -7.86. The second-order valence-corrected chi connectivity index (χ2v) is 16.8. The molecular formula is C57H38N4S. The van der Waals surface area contributed by atoms with Gasteiger partial charge in [0.2, 0.25) is 0 Å². The number of hydrogen-bond acceptors (Lipinski definition) is 4. The van der Waals surface area contributed by atoms with Crippen LogP contribution in [0.3, 0.4) is 0 Å². The summed E-state index contributed by atoms with van der Waals surface area (Å²) in [6.45, 7) is 0. The van der Waals surface area contributed by atoms with E-state index in [0.717, 1.165) is 56.0 Å². The third kappa shape index (κ3) is 6.13. The van der Waals surface area contributed by atoms with Crippen molar-refractivity contribution in [2.24, 2.45) is 9.98 Å². The Morgan fingerprint density at radius 2 is 1.00 bits per heavy atom. The van der Waals surface area contributed by atoms with Crippen molar-refractivity contribution in [2.75, 3.05) is 0 Å². The van der Waals surface area contributed by atoms with E-state index in [4.69, 9.17) is 9.98 Å². The standard InChI is InChI=1S/C57H38N4S/c1-3-16-38(17-4-1)42-20-7-9-24-47(42)55-58-56(60-57(59-55)49-27-15-26-46-45-23-12-14-29-53(45)62-54(46)49)48-25-10-8-21-43(48)39-32-30-37(31-33-39)40-34-35-52-50(36-40)44-22-11-13-28-51(44)61(52)41-18-5-2-6-19-41/h1-36,57H,(H,58,59,60). The van der Waals surface area contributed by atoms with Crippen LogP contribution in [0, 0.1) is 0 Å². The van der Waals surface area contributed by atoms with Crippen molar-refractivity contribution in [3.05, 3.63) is 235 Å². The quantitative estimate of drug-likeness (QED) is 0.171. The van der Waals surface area contributed by atoms with E-state index in [9.17, 15) is 0 Å². The molecule has 1 atom stereocenters. The lowest BCUT2D eigenvalue weighted by Crippen LogP contribution is -2.34. The Kier molecular flexibility index (Phi) is 8.72. The second-order valence-electron chi connectivity index (χ2n) is 15.7. The van der Waals surface area contributed by atoms with Gasteiger partial charge in [-0.15, -0.1) is 11.3 Å². The molecule has 0 radical (unpaired) electrons. The molecule has 4 nitrogen and oxygen atoms in total. The summed E-state index contributed by atoms with van der Waals surface area (Å²) in [4.78, 5) is 10.9. The summed E-state index contributed by atoms with van der Waals surface area (Å²) in [5.41, 5.74) is 13.5. The fraction of sp³-hybridized carbons (Fsp3) is 0.0175. The molecule has 62 heavy (non-hydrogen) atoms. The zero-order valence-corrected chi connectivity index (χ0v) is 34.4. The van der Waals surface area contributed by atoms with Crippen molar-refractivity contribution in [2.45, 2.75) is 6.17 Å². The van der Waals surface area contributed by atoms with E-state index in [2.05, 4.69) is 228 Å². The van der Waals surface area contributed by atoms with Crippen LogP contribution in [0.5, 0.6) is 0 Å². The smallest absolute Gasteiger partial charge is 0.160 e. The van der Waals surface area contributed by atoms with Gasteiger partial charge in [0.25, 0.3) is 0 Å². The number of aliphatic imine (C=N–C) groups is 2. The molecule has 0 bridgehead atoms. The number of para-hydroxylation sites is 2. The van der Waals surface area contributed by atoms with Crippen LogP contribution in [0.1, 0.15) is 22.9 Å². The number of amidine groups is 2. The summed E-state index contributed by atoms with van der Waals surface area (Å²) >= 11 is 1.83. The highest BCUT2D eigenvalue weighted by Gasteiger charge is 2.26. The van der Waals surface area contributed by atoms with E-state index in [0.29, 0.717) is 5.84 Å². The number of nitrogens with zero attached hydrogens (tertiary/aromatic N) is 3. The average Bonchev–Trinajstić information content (AvgIpc) is 3.90. The maximum Gasteiger partial charge on any atom is 0.160 e. The first-order valence-electron chi connectivity index (χ1n) is 21.0. The molecule has 0 amide bonds. The topological polar surface area (TPSA) is 41.7 Å². The normalized spacial score (nSPS) is 14.0. The fourth-order valence-corrected chi connectivity index (χ4v) is 10.4. The maximum atomic E-state index is 5.47. The highest BCUT2D eigenvalue weighted by Crippen LogP contribution is 2.40. The molecule has 0 spiro atoms. The van der Waals surface area contributed by atoms with E-state index in [1.165, 1.54) is 47.5 Å². The third-order valence-corrected chi connectivity index (χ3v) is 13.4. The van der Waals surface area contributed by atoms with Crippen molar-refractivity contribution in [1.29, 1.82) is 0 Å². The minimum absolute atomic E-state index is 0.365. The Labute approximate surface area is 363 Å². The van der Waals surface area contributed by atoms with Crippen LogP contribution >= 0.6 is 11.3 Å². The van der Waals surface area contributed by atoms with Crippen molar-refractivity contribution in [1.82, 2.24) is 9.88 Å². The van der Waals surface area contributed by atoms with Crippen LogP contribution in [0.25, 0.3) is 81.0 Å². The number of rotatable bonds is 7. The largest absolute Gasteiger partial charge is 0.344 e. The van der Waals surface area contributed by atoms with Gasteiger partial charge in [-0.2, -0.15) is 0 Å². The molecule has 3 heterocycles. The van der Waals surface area contributed by atoms with E-state index in [1.54, 1.807) is 0 Å². The van der Waals surface area contributed by atoms with Gasteiger partial charge in [-0.3, -0.25) is 0 Å². The fourth-order valence-electron chi connectivity index (χ4n) is 9.19. The van der Waals surface area contributed by atoms with Crippen LogP contribution in [0.2, 0.25) is 0 Å². The predicted molar refractivity (Wildman–Crippen MR) is 262 cm³/mol. The molecule has 11 aromatic rings. The molecule has 1 unspecified atom stereocenters. The third-order valence-electron chi connectivity index (χ3n) is 12.1. The highest BCUT2D eigenvalue weighted by atomic mass is 32.1. The first kappa shape index (κ1) is 36.0. The maximum absolute atomic E-state index is 5.47. The molecule has 1 aliphatic heterocycles. The number of hydrogen-bond donors (Lipinski definition) is 1. The number of benzene rings is 9. The summed E-state index contributed by atoms with van der Waals surface area (Å²) < 4.78 is 4.86. The van der Waals surface area contributed by atoms with Gasteiger partial charge >= 0.3 is 0 Å². The summed E-state index contributed by atoms with van der Waals surface area (Å²) in [6, 6.07) is 78.0. The highest BCUT2D eigenvalue weighted by molar-refractivity contribution is 7.26. The van der Waals surface area contributed by atoms with Crippen LogP contribution in [-0.2, 0) is 0 Å². The number of fused-ring (bicyclic) bond motifs is 6. The van der Waals surface area contributed by atoms with Gasteiger partial charge in [0.1, 0.15) is 12.0 Å². The number of nitrogens with one attached hydrogen (secondary N) is 1. The van der Waals surface area contributed by atoms with Crippen molar-refractivity contribution < 1.29 is 0 Å². The van der Waals surface area contributed by atoms with Gasteiger partial charge in [0, 0.05) is 53.3 Å². The van der Waals surface area contributed by atoms with Crippen LogP contribution in [0.15, 0.2) is 228 Å². The van der Waals surface area contributed by atoms with Crippen molar-refractivity contribution in [3.8, 4) is 39.1 Å². The monoisotopic (exact) mass is 810 g/mol. The lowest BCUT2D eigenvalue weighted by molar-refractivity contribution is 0.680. The molecular weight excluding hydrogens is 773 g/mol. The average molecular weight is 811 g/mol. The minimum Gasteiger partial charge on any atom is -0.344 e. The van der Waals surface area contributed by atoms with E-state index in [1.807, 2.05) is 11.3 Å². The zero-order chi connectivity index (χ0) is 41.0. The van der Waals surface area contributed by atoms with Gasteiger partial charge in [-0.05, 0) is 69.8 Å². The molecule has 2 aromatic heterocycles. The molecule has 1 N–H and O–H groups in total. The van der Waals surface area contributed by atoms with Gasteiger partial charge in [0.05, 0.1) is 11.0 Å². The molecule has 292 valence electrons. The Balaban J connectivity index is 0.966. The van der Waals surface area contributed by atoms with E-state index < -0.39 is 0 Å². The predicted octanol–water partition coefficient (Wildman–Crippen LogP) is 14.6. The summed E-state index contributed by atoms with van der Waals surface area (Å²) in [5, 5.41) is 8.82. The molecule has 0 fully saturated rings. The molecule has 5 heteroatoms. The lowest BCUT2D eigenvalue weighted by Gasteiger charge is -2.26. The molecule has 12 rings (SSSR count). The summed E-state index contributed by atoms with van der Waals surface area (Å²) in [5.74, 6) is 1.50. The van der Waals surface area contributed by atoms with E-state index >= 15 is 0 Å². The Morgan fingerprint density at radius 1 is 0.419 bits per heavy atom. The van der Waals surface area contributed by atoms with Crippen LogP contribution in [-0.4, -0.2) is 16.2 Å². The van der Waals surface area contributed by atoms with Gasteiger partial charge in [-0.25, -0.2) is 9.98 Å². The van der Waals surface area contributed by atoms with Crippen LogP contribution in [0.4, 0.5) is 0 Å². The summed E-state index contributed by atoms with van der Waals surface area (Å²) in [7, 11) is 0. The second kappa shape index (κ2) is 15.0. The number of thiophene rings is 1. The molecule has 0 saturated heterocycles. The first-order valence-corrected chi connectivity index (χ1v) is 21.8. The molecule has 9 aromatic carbocycles. The SMILES string of the molecule is c1ccc(-c2ccccc2C2=NC(c3ccccc3-c3ccc(-c4ccc5c(c4)c4ccccc4n5-c4ccccc4)cc3)=NC(c3cccc4c3sc3ccccc34)N2)cc1.